The Morgan fingerprint density at radius 3 is 0.800 bits per heavy atom. The fraction of sp³-hybridized carbons (Fsp3) is 0. The van der Waals surface area contributed by atoms with Crippen molar-refractivity contribution in [2.24, 2.45) is 0 Å². The Morgan fingerprint density at radius 1 is 0.800 bits per heavy atom. The van der Waals surface area contributed by atoms with Crippen molar-refractivity contribution in [3.63, 3.8) is 0 Å². The van der Waals surface area contributed by atoms with Gasteiger partial charge in [-0.25, -0.2) is 0 Å². The molecule has 0 heterocycles. The summed E-state index contributed by atoms with van der Waals surface area (Å²) in [6, 6.07) is 0. The molecule has 0 saturated carbocycles. The molecule has 0 spiro atoms. The van der Waals surface area contributed by atoms with Crippen molar-refractivity contribution in [2.75, 3.05) is 0 Å². The minimum Gasteiger partial charge on any atom is -0.412 e. The molecular formula is H9ClHgO8. The minimum absolute atomic E-state index is 0. The van der Waals surface area contributed by atoms with Gasteiger partial charge in [-0.15, -0.1) is 0 Å². The number of hydrogen-bond acceptors (Lipinski definition) is 4. The van der Waals surface area contributed by atoms with Crippen molar-refractivity contribution >= 4 is 0 Å². The van der Waals surface area contributed by atoms with Crippen LogP contribution in [0.15, 0.2) is 0 Å². The molecule has 0 aromatic carbocycles. The van der Waals surface area contributed by atoms with Crippen LogP contribution in [0.3, 0.4) is 0 Å². The van der Waals surface area contributed by atoms with Crippen molar-refractivity contribution in [3.05, 3.63) is 0 Å². The van der Waals surface area contributed by atoms with Gasteiger partial charge >= 0.3 is 0 Å². The van der Waals surface area contributed by atoms with E-state index in [-0.39, 0.29) is 49.6 Å². The Hall–Kier alpha value is 0.905. The normalized spacial score (nSPS) is 6.00. The molecule has 66 valence electrons. The van der Waals surface area contributed by atoms with Crippen molar-refractivity contribution in [2.45, 2.75) is 0 Å². The second-order valence-corrected chi connectivity index (χ2v) is 1.19. The van der Waals surface area contributed by atoms with Crippen LogP contribution in [0.2, 0.25) is 0 Å². The first-order chi connectivity index (χ1) is 2.00. The third kappa shape index (κ3) is 679. The van der Waals surface area contributed by atoms with Crippen LogP contribution in [0, 0.1) is 10.2 Å². The Kier molecular flexibility index (Phi) is 73.3. The Bertz CT molecular complexity index is 24.7. The molecular weight excluding hydrogens is 364 g/mol. The number of rotatable bonds is 0. The SMILES string of the molecule is O.O.O.O.[Hg].[O-][Cl+3]([O-])([O-])O. The van der Waals surface area contributed by atoms with E-state index in [0.717, 1.165) is 0 Å². The summed E-state index contributed by atoms with van der Waals surface area (Å²) < 4.78 is 32.7. The van der Waals surface area contributed by atoms with Gasteiger partial charge in [-0.05, 0) is 0 Å². The molecule has 0 saturated heterocycles. The fourth-order valence-corrected chi connectivity index (χ4v) is 0. The van der Waals surface area contributed by atoms with E-state index >= 15 is 0 Å². The van der Waals surface area contributed by atoms with Gasteiger partial charge in [0.1, 0.15) is 0 Å². The summed E-state index contributed by atoms with van der Waals surface area (Å²) >= 11 is 0. The zero-order valence-corrected chi connectivity index (χ0v) is 11.0. The Morgan fingerprint density at radius 2 is 0.800 bits per heavy atom. The average Bonchev–Trinajstić information content (AvgIpc) is 0.722. The smallest absolute Gasteiger partial charge is 0.0777 e. The van der Waals surface area contributed by atoms with Crippen LogP contribution in [-0.4, -0.2) is 26.6 Å². The molecule has 9 N–H and O–H groups in total. The van der Waals surface area contributed by atoms with Gasteiger partial charge in [0, 0.05) is 27.7 Å². The standard InChI is InChI=1S/ClHO4.Hg.4H2O/c2-1(3,4)5;;;;;/h(H,2,3,4,5);;4*1H2. The maximum atomic E-state index is 8.60. The van der Waals surface area contributed by atoms with E-state index < -0.39 is 10.2 Å². The van der Waals surface area contributed by atoms with Crippen LogP contribution in [0.4, 0.5) is 0 Å². The molecule has 0 aliphatic carbocycles. The van der Waals surface area contributed by atoms with E-state index in [1.165, 1.54) is 0 Å². The van der Waals surface area contributed by atoms with E-state index in [4.69, 9.17) is 18.6 Å². The van der Waals surface area contributed by atoms with E-state index in [2.05, 4.69) is 0 Å². The minimum atomic E-state index is -4.69. The second-order valence-electron chi connectivity index (χ2n) is 0.396. The van der Waals surface area contributed by atoms with Gasteiger partial charge in [-0.3, -0.25) is 0 Å². The molecule has 8 nitrogen and oxygen atoms in total. The molecule has 0 aliphatic heterocycles. The summed E-state index contributed by atoms with van der Waals surface area (Å²) in [5, 5.41) is 0. The van der Waals surface area contributed by atoms with Gasteiger partial charge in [-0.2, -0.15) is 14.0 Å². The first-order valence-corrected chi connectivity index (χ1v) is 1.90. The van der Waals surface area contributed by atoms with E-state index in [0.29, 0.717) is 0 Å². The maximum Gasteiger partial charge on any atom is 0.0777 e. The molecule has 0 aromatic rings. The van der Waals surface area contributed by atoms with Crippen LogP contribution < -0.4 is 14.0 Å². The molecule has 0 atom stereocenters. The number of hydrogen-bond donors (Lipinski definition) is 1. The summed E-state index contributed by atoms with van der Waals surface area (Å²) in [7, 11) is -4.69. The van der Waals surface area contributed by atoms with Gasteiger partial charge in [0.2, 0.25) is 0 Å². The summed E-state index contributed by atoms with van der Waals surface area (Å²) in [5.74, 6) is 0. The molecule has 0 amide bonds. The Labute approximate surface area is 78.6 Å². The summed E-state index contributed by atoms with van der Waals surface area (Å²) in [6.45, 7) is 0. The predicted octanol–water partition coefficient (Wildman–Crippen LogP) is -7.43. The predicted molar refractivity (Wildman–Crippen MR) is 16.7 cm³/mol. The topological polar surface area (TPSA) is 215 Å². The molecule has 0 aromatic heterocycles. The van der Waals surface area contributed by atoms with Crippen LogP contribution in [0.5, 0.6) is 0 Å². The largest absolute Gasteiger partial charge is 0.412 e. The fourth-order valence-electron chi connectivity index (χ4n) is 0. The monoisotopic (exact) mass is 374 g/mol. The zero-order valence-electron chi connectivity index (χ0n) is 4.76. The van der Waals surface area contributed by atoms with Crippen LogP contribution in [-0.2, 0) is 27.7 Å². The molecule has 10 heavy (non-hydrogen) atoms. The summed E-state index contributed by atoms with van der Waals surface area (Å²) in [4.78, 5) is 0. The van der Waals surface area contributed by atoms with Gasteiger partial charge in [0.05, 0.1) is 14.9 Å². The van der Waals surface area contributed by atoms with Crippen molar-refractivity contribution in [1.82, 2.24) is 0 Å². The van der Waals surface area contributed by atoms with Gasteiger partial charge in [0.15, 0.2) is 0 Å². The molecule has 0 radical (unpaired) electrons. The van der Waals surface area contributed by atoms with E-state index in [1.807, 2.05) is 0 Å². The molecule has 0 rings (SSSR count). The van der Waals surface area contributed by atoms with E-state index in [9.17, 15) is 0 Å². The molecule has 0 fully saturated rings. The molecule has 0 unspecified atom stereocenters. The third-order valence-corrected chi connectivity index (χ3v) is 0. The van der Waals surface area contributed by atoms with Gasteiger partial charge < -0.3 is 21.9 Å². The average molecular weight is 373 g/mol. The van der Waals surface area contributed by atoms with Crippen molar-refractivity contribution in [1.29, 1.82) is 0 Å². The third-order valence-electron chi connectivity index (χ3n) is 0. The first-order valence-electron chi connectivity index (χ1n) is 0.632. The molecule has 0 aliphatic rings. The summed E-state index contributed by atoms with van der Waals surface area (Å²) in [5.41, 5.74) is 0. The van der Waals surface area contributed by atoms with Gasteiger partial charge in [0.25, 0.3) is 0 Å². The van der Waals surface area contributed by atoms with E-state index in [1.54, 1.807) is 0 Å². The zero-order chi connectivity index (χ0) is 4.50. The Balaban J connectivity index is -0.00000000800. The molecule has 10 heteroatoms. The maximum absolute atomic E-state index is 8.60. The van der Waals surface area contributed by atoms with Crippen molar-refractivity contribution in [3.8, 4) is 0 Å². The second kappa shape index (κ2) is 16.5. The first kappa shape index (κ1) is 44.5. The summed E-state index contributed by atoms with van der Waals surface area (Å²) in [6.07, 6.45) is 0. The quantitative estimate of drug-likeness (QED) is 0.409. The van der Waals surface area contributed by atoms with Crippen LogP contribution >= 0.6 is 0 Å². The molecule has 0 bridgehead atoms. The van der Waals surface area contributed by atoms with Crippen molar-refractivity contribution < 1.29 is 78.5 Å². The number of halogens is 1. The van der Waals surface area contributed by atoms with Crippen LogP contribution in [0.1, 0.15) is 0 Å². The van der Waals surface area contributed by atoms with Crippen LogP contribution in [0.25, 0.3) is 0 Å². The van der Waals surface area contributed by atoms with Gasteiger partial charge in [-0.1, -0.05) is 0 Å².